The molecule has 0 aliphatic carbocycles. The summed E-state index contributed by atoms with van der Waals surface area (Å²) in [7, 11) is 0. The maximum Gasteiger partial charge on any atom is 0.307 e. The van der Waals surface area contributed by atoms with E-state index in [1.807, 2.05) is 37.3 Å². The summed E-state index contributed by atoms with van der Waals surface area (Å²) in [6.07, 6.45) is 0.863. The van der Waals surface area contributed by atoms with Gasteiger partial charge in [0, 0.05) is 12.0 Å². The van der Waals surface area contributed by atoms with E-state index in [1.54, 1.807) is 12.1 Å². The van der Waals surface area contributed by atoms with Gasteiger partial charge in [-0.1, -0.05) is 30.3 Å². The van der Waals surface area contributed by atoms with Crippen molar-refractivity contribution in [1.82, 2.24) is 10.3 Å². The van der Waals surface area contributed by atoms with Crippen molar-refractivity contribution < 1.29 is 23.1 Å². The number of nitrogens with one attached hydrogen (secondary N) is 1. The molecular formula is C23H23FN2O4. The summed E-state index contributed by atoms with van der Waals surface area (Å²) < 4.78 is 23.8. The van der Waals surface area contributed by atoms with Gasteiger partial charge in [0.15, 0.2) is 17.8 Å². The van der Waals surface area contributed by atoms with Gasteiger partial charge in [0.05, 0.1) is 18.7 Å². The second-order valence-electron chi connectivity index (χ2n) is 6.90. The first-order valence-corrected chi connectivity index (χ1v) is 9.68. The van der Waals surface area contributed by atoms with Crippen molar-refractivity contribution in [3.63, 3.8) is 0 Å². The number of benzene rings is 2. The molecule has 0 spiro atoms. The fourth-order valence-electron chi connectivity index (χ4n) is 2.85. The largest absolute Gasteiger partial charge is 0.453 e. The predicted octanol–water partition coefficient (Wildman–Crippen LogP) is 4.22. The Morgan fingerprint density at radius 1 is 1.10 bits per heavy atom. The topological polar surface area (TPSA) is 81.4 Å². The van der Waals surface area contributed by atoms with Crippen molar-refractivity contribution >= 4 is 11.9 Å². The van der Waals surface area contributed by atoms with Gasteiger partial charge in [-0.25, -0.2) is 9.37 Å². The Balaban J connectivity index is 1.46. The van der Waals surface area contributed by atoms with E-state index in [0.29, 0.717) is 17.2 Å². The molecule has 0 aliphatic heterocycles. The highest BCUT2D eigenvalue weighted by Crippen LogP contribution is 2.21. The van der Waals surface area contributed by atoms with Crippen LogP contribution in [0.25, 0.3) is 11.3 Å². The molecule has 0 fully saturated rings. The van der Waals surface area contributed by atoms with Gasteiger partial charge < -0.3 is 14.5 Å². The molecular weight excluding hydrogens is 387 g/mol. The Hall–Kier alpha value is -3.48. The van der Waals surface area contributed by atoms with Crippen molar-refractivity contribution in [1.29, 1.82) is 0 Å². The van der Waals surface area contributed by atoms with E-state index in [1.165, 1.54) is 25.3 Å². The molecule has 0 bridgehead atoms. The number of rotatable bonds is 8. The summed E-state index contributed by atoms with van der Waals surface area (Å²) >= 11 is 0. The molecule has 2 atom stereocenters. The molecule has 0 aliphatic rings. The highest BCUT2D eigenvalue weighted by atomic mass is 19.1. The molecule has 0 radical (unpaired) electrons. The lowest BCUT2D eigenvalue weighted by atomic mass is 10.1. The van der Waals surface area contributed by atoms with Gasteiger partial charge in [-0.05, 0) is 43.7 Å². The number of carbonyl (C=O) groups is 2. The fraction of sp³-hybridized carbons (Fsp3) is 0.261. The van der Waals surface area contributed by atoms with Crippen LogP contribution in [-0.2, 0) is 20.7 Å². The van der Waals surface area contributed by atoms with Crippen LogP contribution >= 0.6 is 0 Å². The molecule has 1 amide bonds. The van der Waals surface area contributed by atoms with E-state index in [-0.39, 0.29) is 30.6 Å². The second kappa shape index (κ2) is 9.82. The highest BCUT2D eigenvalue weighted by molar-refractivity contribution is 5.83. The van der Waals surface area contributed by atoms with Crippen molar-refractivity contribution in [2.45, 2.75) is 38.8 Å². The number of amides is 1. The number of esters is 1. The van der Waals surface area contributed by atoms with E-state index >= 15 is 0 Å². The predicted molar refractivity (Wildman–Crippen MR) is 109 cm³/mol. The molecule has 3 rings (SSSR count). The average molecular weight is 410 g/mol. The van der Waals surface area contributed by atoms with Crippen molar-refractivity contribution in [2.75, 3.05) is 0 Å². The maximum absolute atomic E-state index is 13.0. The number of oxazole rings is 1. The van der Waals surface area contributed by atoms with Crippen LogP contribution in [-0.4, -0.2) is 23.0 Å². The van der Waals surface area contributed by atoms with Crippen molar-refractivity contribution in [2.24, 2.45) is 0 Å². The van der Waals surface area contributed by atoms with Crippen LogP contribution in [0, 0.1) is 5.82 Å². The summed E-state index contributed by atoms with van der Waals surface area (Å²) in [5.41, 5.74) is 1.65. The number of hydrogen-bond acceptors (Lipinski definition) is 5. The Kier molecular flexibility index (Phi) is 6.95. The number of carbonyl (C=O) groups excluding carboxylic acids is 2. The van der Waals surface area contributed by atoms with Crippen molar-refractivity contribution in [3.8, 4) is 11.3 Å². The van der Waals surface area contributed by atoms with E-state index in [2.05, 4.69) is 10.3 Å². The lowest BCUT2D eigenvalue weighted by Crippen LogP contribution is -2.37. The standard InChI is InChI=1S/C23H23FN2O4/c1-15(17-6-4-3-5-7-17)26-23(28)16(2)29-22(27)13-12-21-25-14-20(30-21)18-8-10-19(24)11-9-18/h3-11,14-16H,12-13H2,1-2H3,(H,26,28). The molecule has 1 N–H and O–H groups in total. The van der Waals surface area contributed by atoms with Crippen LogP contribution in [0.3, 0.4) is 0 Å². The van der Waals surface area contributed by atoms with Crippen LogP contribution in [0.4, 0.5) is 4.39 Å². The van der Waals surface area contributed by atoms with Crippen LogP contribution < -0.4 is 5.32 Å². The average Bonchev–Trinajstić information content (AvgIpc) is 3.22. The molecule has 30 heavy (non-hydrogen) atoms. The molecule has 1 heterocycles. The van der Waals surface area contributed by atoms with Crippen LogP contribution in [0.2, 0.25) is 0 Å². The molecule has 0 saturated carbocycles. The first-order valence-electron chi connectivity index (χ1n) is 9.68. The third-order valence-electron chi connectivity index (χ3n) is 4.56. The zero-order chi connectivity index (χ0) is 21.5. The van der Waals surface area contributed by atoms with Crippen LogP contribution in [0.15, 0.2) is 65.2 Å². The van der Waals surface area contributed by atoms with Crippen LogP contribution in [0.1, 0.15) is 37.8 Å². The van der Waals surface area contributed by atoms with E-state index in [4.69, 9.17) is 9.15 Å². The third-order valence-corrected chi connectivity index (χ3v) is 4.56. The SMILES string of the molecule is CC(OC(=O)CCc1ncc(-c2ccc(F)cc2)o1)C(=O)NC(C)c1ccccc1. The summed E-state index contributed by atoms with van der Waals surface area (Å²) in [5, 5.41) is 2.83. The van der Waals surface area contributed by atoms with Gasteiger partial charge in [0.1, 0.15) is 5.82 Å². The second-order valence-corrected chi connectivity index (χ2v) is 6.90. The summed E-state index contributed by atoms with van der Waals surface area (Å²) in [6.45, 7) is 3.39. The lowest BCUT2D eigenvalue weighted by Gasteiger charge is -2.18. The number of hydrogen-bond donors (Lipinski definition) is 1. The number of nitrogens with zero attached hydrogens (tertiary/aromatic N) is 1. The van der Waals surface area contributed by atoms with E-state index < -0.39 is 12.1 Å². The summed E-state index contributed by atoms with van der Waals surface area (Å²) in [6, 6.07) is 15.2. The number of ether oxygens (including phenoxy) is 1. The maximum atomic E-state index is 13.0. The first kappa shape index (κ1) is 21.2. The number of halogens is 1. The van der Waals surface area contributed by atoms with E-state index in [9.17, 15) is 14.0 Å². The molecule has 0 saturated heterocycles. The van der Waals surface area contributed by atoms with Crippen molar-refractivity contribution in [3.05, 3.63) is 78.1 Å². The zero-order valence-corrected chi connectivity index (χ0v) is 16.8. The summed E-state index contributed by atoms with van der Waals surface area (Å²) in [5.74, 6) is -0.374. The lowest BCUT2D eigenvalue weighted by molar-refractivity contribution is -0.155. The molecule has 6 nitrogen and oxygen atoms in total. The van der Waals surface area contributed by atoms with Gasteiger partial charge in [-0.3, -0.25) is 9.59 Å². The summed E-state index contributed by atoms with van der Waals surface area (Å²) in [4.78, 5) is 28.5. The van der Waals surface area contributed by atoms with E-state index in [0.717, 1.165) is 5.56 Å². The minimum absolute atomic E-state index is 0.0230. The smallest absolute Gasteiger partial charge is 0.307 e. The van der Waals surface area contributed by atoms with Gasteiger partial charge in [-0.2, -0.15) is 0 Å². The third kappa shape index (κ3) is 5.76. The van der Waals surface area contributed by atoms with Gasteiger partial charge in [0.25, 0.3) is 5.91 Å². The number of aryl methyl sites for hydroxylation is 1. The zero-order valence-electron chi connectivity index (χ0n) is 16.8. The van der Waals surface area contributed by atoms with Gasteiger partial charge in [0.2, 0.25) is 0 Å². The molecule has 2 aromatic carbocycles. The fourth-order valence-corrected chi connectivity index (χ4v) is 2.85. The van der Waals surface area contributed by atoms with Gasteiger partial charge in [-0.15, -0.1) is 0 Å². The van der Waals surface area contributed by atoms with Gasteiger partial charge >= 0.3 is 5.97 Å². The quantitative estimate of drug-likeness (QED) is 0.562. The minimum atomic E-state index is -0.914. The normalized spacial score (nSPS) is 12.8. The Morgan fingerprint density at radius 2 is 1.80 bits per heavy atom. The molecule has 1 aromatic heterocycles. The minimum Gasteiger partial charge on any atom is -0.453 e. The monoisotopic (exact) mass is 410 g/mol. The molecule has 2 unspecified atom stereocenters. The molecule has 3 aromatic rings. The van der Waals surface area contributed by atoms with Crippen LogP contribution in [0.5, 0.6) is 0 Å². The first-order chi connectivity index (χ1) is 14.4. The molecule has 156 valence electrons. The molecule has 7 heteroatoms. The number of aromatic nitrogens is 1. The highest BCUT2D eigenvalue weighted by Gasteiger charge is 2.20. The Bertz CT molecular complexity index is 986. The Labute approximate surface area is 174 Å². The Morgan fingerprint density at radius 3 is 2.50 bits per heavy atom.